The molecule has 0 fully saturated rings. The molecule has 1 aliphatic rings. The summed E-state index contributed by atoms with van der Waals surface area (Å²) in [4.78, 5) is 3.74. The molecule has 0 spiro atoms. The first-order chi connectivity index (χ1) is 5.74. The van der Waals surface area contributed by atoms with Crippen LogP contribution in [0.5, 0.6) is 0 Å². The smallest absolute Gasteiger partial charge is 0.293 e. The molecule has 0 aliphatic carbocycles. The second kappa shape index (κ2) is 4.35. The van der Waals surface area contributed by atoms with Crippen LogP contribution in [0.15, 0.2) is 15.4 Å². The number of halogens is 1. The fourth-order valence-electron chi connectivity index (χ4n) is 0.644. The van der Waals surface area contributed by atoms with E-state index in [4.69, 9.17) is 9.84 Å². The molecule has 0 saturated carbocycles. The molecule has 4 nitrogen and oxygen atoms in total. The van der Waals surface area contributed by atoms with Crippen LogP contribution in [-0.4, -0.2) is 17.7 Å². The van der Waals surface area contributed by atoms with Crippen molar-refractivity contribution in [2.24, 2.45) is 4.99 Å². The maximum absolute atomic E-state index is 9.14. The first kappa shape index (κ1) is 9.38. The van der Waals surface area contributed by atoms with E-state index in [9.17, 15) is 0 Å². The lowest BCUT2D eigenvalue weighted by Gasteiger charge is -2.13. The molecule has 1 heterocycles. The highest BCUT2D eigenvalue weighted by molar-refractivity contribution is 9.11. The average Bonchev–Trinajstić information content (AvgIpc) is 2.07. The zero-order valence-corrected chi connectivity index (χ0v) is 8.26. The summed E-state index contributed by atoms with van der Waals surface area (Å²) in [7, 11) is 0. The van der Waals surface area contributed by atoms with Gasteiger partial charge in [-0.25, -0.2) is 0 Å². The van der Waals surface area contributed by atoms with Gasteiger partial charge in [0.25, 0.3) is 6.02 Å². The van der Waals surface area contributed by atoms with Gasteiger partial charge in [0.1, 0.15) is 0 Å². The molecule has 0 aromatic carbocycles. The molecule has 12 heavy (non-hydrogen) atoms. The Kier molecular flexibility index (Phi) is 3.40. The lowest BCUT2D eigenvalue weighted by Crippen LogP contribution is -2.27. The number of hydrogen-bond donors (Lipinski definition) is 2. The van der Waals surface area contributed by atoms with Crippen molar-refractivity contribution in [3.8, 4) is 0 Å². The molecule has 0 aromatic heterocycles. The number of amidine groups is 1. The molecule has 1 radical (unpaired) electrons. The average molecular weight is 234 g/mol. The van der Waals surface area contributed by atoms with Crippen molar-refractivity contribution in [2.45, 2.75) is 13.3 Å². The van der Waals surface area contributed by atoms with Gasteiger partial charge in [0.2, 0.25) is 5.88 Å². The van der Waals surface area contributed by atoms with Gasteiger partial charge in [-0.1, -0.05) is 6.92 Å². The van der Waals surface area contributed by atoms with Crippen LogP contribution in [0.3, 0.4) is 0 Å². The van der Waals surface area contributed by atoms with Gasteiger partial charge in [0, 0.05) is 0 Å². The predicted octanol–water partition coefficient (Wildman–Crippen LogP) is 1.66. The summed E-state index contributed by atoms with van der Waals surface area (Å²) in [5.41, 5.74) is 0. The molecule has 2 N–H and O–H groups in total. The molecular formula is C7H10BrN2O2. The van der Waals surface area contributed by atoms with E-state index in [1.807, 2.05) is 6.92 Å². The second-order valence-electron chi connectivity index (χ2n) is 2.23. The maximum atomic E-state index is 9.14. The van der Waals surface area contributed by atoms with Gasteiger partial charge in [-0.05, 0) is 22.4 Å². The Labute approximate surface area is 79.5 Å². The van der Waals surface area contributed by atoms with Gasteiger partial charge in [0.05, 0.1) is 17.6 Å². The van der Waals surface area contributed by atoms with Crippen LogP contribution < -0.4 is 5.32 Å². The monoisotopic (exact) mass is 233 g/mol. The molecule has 0 bridgehead atoms. The normalized spacial score (nSPS) is 17.0. The van der Waals surface area contributed by atoms with E-state index in [0.717, 1.165) is 6.42 Å². The van der Waals surface area contributed by atoms with Crippen molar-refractivity contribution in [1.82, 2.24) is 5.32 Å². The minimum atomic E-state index is -0.0696. The Morgan fingerprint density at radius 2 is 2.50 bits per heavy atom. The number of ether oxygens (including phenoxy) is 1. The van der Waals surface area contributed by atoms with Crippen LogP contribution in [0, 0.1) is 6.54 Å². The Morgan fingerprint density at radius 3 is 3.08 bits per heavy atom. The van der Waals surface area contributed by atoms with Crippen LogP contribution in [-0.2, 0) is 4.74 Å². The molecule has 67 valence electrons. The number of rotatable bonds is 2. The maximum Gasteiger partial charge on any atom is 0.293 e. The molecule has 0 unspecified atom stereocenters. The molecule has 0 atom stereocenters. The van der Waals surface area contributed by atoms with Crippen molar-refractivity contribution in [2.75, 3.05) is 6.61 Å². The third kappa shape index (κ3) is 2.41. The second-order valence-corrected chi connectivity index (χ2v) is 3.08. The number of aliphatic imine (C=N–C) groups is 1. The number of hydrogen-bond acceptors (Lipinski definition) is 4. The standard InChI is InChI=1S/C7H10BrN2O2/c1-2-3-12-7-9-4-5(8)6(11)10-7/h4,11H,2-3H2,1H3,(H,9,10). The largest absolute Gasteiger partial charge is 0.493 e. The van der Waals surface area contributed by atoms with E-state index in [2.05, 4.69) is 26.2 Å². The minimum absolute atomic E-state index is 0.0696. The van der Waals surface area contributed by atoms with Crippen LogP contribution in [0.1, 0.15) is 13.3 Å². The number of aliphatic hydroxyl groups is 1. The van der Waals surface area contributed by atoms with Gasteiger partial charge in [-0.2, -0.15) is 4.99 Å². The van der Waals surface area contributed by atoms with Crippen molar-refractivity contribution in [3.63, 3.8) is 0 Å². The van der Waals surface area contributed by atoms with Crippen LogP contribution >= 0.6 is 15.9 Å². The van der Waals surface area contributed by atoms with Crippen molar-refractivity contribution < 1.29 is 9.84 Å². The predicted molar refractivity (Wildman–Crippen MR) is 49.7 cm³/mol. The third-order valence-corrected chi connectivity index (χ3v) is 1.77. The summed E-state index contributed by atoms with van der Waals surface area (Å²) in [6, 6.07) is 0.331. The van der Waals surface area contributed by atoms with Gasteiger partial charge < -0.3 is 15.2 Å². The summed E-state index contributed by atoms with van der Waals surface area (Å²) in [6.45, 7) is 4.16. The zero-order valence-electron chi connectivity index (χ0n) is 6.67. The van der Waals surface area contributed by atoms with Gasteiger partial charge in [0.15, 0.2) is 0 Å². The van der Waals surface area contributed by atoms with Crippen LogP contribution in [0.2, 0.25) is 0 Å². The van der Waals surface area contributed by atoms with E-state index in [1.54, 1.807) is 6.54 Å². The first-order valence-corrected chi connectivity index (χ1v) is 4.43. The lowest BCUT2D eigenvalue weighted by atomic mass is 10.5. The van der Waals surface area contributed by atoms with E-state index in [0.29, 0.717) is 17.1 Å². The first-order valence-electron chi connectivity index (χ1n) is 3.64. The molecule has 1 rings (SSSR count). The number of aliphatic hydroxyl groups excluding tert-OH is 1. The van der Waals surface area contributed by atoms with E-state index in [-0.39, 0.29) is 5.88 Å². The molecule has 0 aromatic rings. The highest BCUT2D eigenvalue weighted by Gasteiger charge is 2.12. The molecule has 1 aliphatic heterocycles. The zero-order chi connectivity index (χ0) is 8.97. The van der Waals surface area contributed by atoms with Crippen LogP contribution in [0.25, 0.3) is 0 Å². The topological polar surface area (TPSA) is 53.9 Å². The number of nitrogens with zero attached hydrogens (tertiary/aromatic N) is 1. The highest BCUT2D eigenvalue weighted by atomic mass is 79.9. The summed E-state index contributed by atoms with van der Waals surface area (Å²) in [6.07, 6.45) is 0.909. The lowest BCUT2D eigenvalue weighted by molar-refractivity contribution is 0.285. The van der Waals surface area contributed by atoms with Gasteiger partial charge in [-0.3, -0.25) is 0 Å². The van der Waals surface area contributed by atoms with E-state index < -0.39 is 0 Å². The molecule has 5 heteroatoms. The van der Waals surface area contributed by atoms with Crippen molar-refractivity contribution in [1.29, 1.82) is 0 Å². The fraction of sp³-hybridized carbons (Fsp3) is 0.429. The minimum Gasteiger partial charge on any atom is -0.493 e. The Bertz CT molecular complexity index is 225. The van der Waals surface area contributed by atoms with Gasteiger partial charge in [-0.15, -0.1) is 0 Å². The highest BCUT2D eigenvalue weighted by Crippen LogP contribution is 2.16. The van der Waals surface area contributed by atoms with E-state index in [1.165, 1.54) is 0 Å². The van der Waals surface area contributed by atoms with E-state index >= 15 is 0 Å². The fourth-order valence-corrected chi connectivity index (χ4v) is 0.847. The summed E-state index contributed by atoms with van der Waals surface area (Å²) in [5, 5.41) is 11.9. The Balaban J connectivity index is 2.51. The molecular weight excluding hydrogens is 224 g/mol. The molecule has 0 amide bonds. The Morgan fingerprint density at radius 1 is 1.75 bits per heavy atom. The Hall–Kier alpha value is -0.710. The summed E-state index contributed by atoms with van der Waals surface area (Å²) >= 11 is 3.10. The number of nitrogens with one attached hydrogen (secondary N) is 1. The molecule has 0 saturated heterocycles. The van der Waals surface area contributed by atoms with Crippen molar-refractivity contribution in [3.05, 3.63) is 16.9 Å². The SMILES string of the molecule is CCCOC1=NC(O)=C(Br)[CH]N1. The summed E-state index contributed by atoms with van der Waals surface area (Å²) in [5.74, 6) is -0.0696. The van der Waals surface area contributed by atoms with Crippen molar-refractivity contribution >= 4 is 22.0 Å². The third-order valence-electron chi connectivity index (χ3n) is 1.19. The van der Waals surface area contributed by atoms with Crippen LogP contribution in [0.4, 0.5) is 0 Å². The van der Waals surface area contributed by atoms with Gasteiger partial charge >= 0.3 is 0 Å². The quantitative estimate of drug-likeness (QED) is 0.763. The summed E-state index contributed by atoms with van der Waals surface area (Å²) < 4.78 is 5.66.